The third-order valence-electron chi connectivity index (χ3n) is 6.80. The molecule has 0 radical (unpaired) electrons. The minimum absolute atomic E-state index is 0.332. The zero-order chi connectivity index (χ0) is 26.2. The number of ether oxygens (including phenoxy) is 2. The van der Waals surface area contributed by atoms with Crippen molar-refractivity contribution in [1.29, 1.82) is 0 Å². The summed E-state index contributed by atoms with van der Waals surface area (Å²) in [6, 6.07) is 13.3. The molecule has 3 heterocycles. The van der Waals surface area contributed by atoms with Crippen LogP contribution in [-0.4, -0.2) is 54.5 Å². The summed E-state index contributed by atoms with van der Waals surface area (Å²) in [5, 5.41) is 5.10. The molecule has 1 N–H and O–H groups in total. The number of benzene rings is 2. The number of aromatic nitrogens is 3. The van der Waals surface area contributed by atoms with E-state index in [2.05, 4.69) is 20.3 Å². The van der Waals surface area contributed by atoms with Gasteiger partial charge in [0.15, 0.2) is 11.5 Å². The Kier molecular flexibility index (Phi) is 8.75. The fraction of sp³-hybridized carbons (Fsp3) is 0.429. The van der Waals surface area contributed by atoms with E-state index in [1.165, 1.54) is 12.8 Å². The highest BCUT2D eigenvalue weighted by Crippen LogP contribution is 2.29. The van der Waals surface area contributed by atoms with Gasteiger partial charge in [-0.2, -0.15) is 20.1 Å². The van der Waals surface area contributed by atoms with Gasteiger partial charge in [0, 0.05) is 36.8 Å². The Labute approximate surface area is 228 Å². The number of anilines is 3. The zero-order valence-electron chi connectivity index (χ0n) is 21.8. The van der Waals surface area contributed by atoms with Crippen LogP contribution in [0.25, 0.3) is 0 Å². The molecule has 0 spiro atoms. The first-order chi connectivity index (χ1) is 18.7. The van der Waals surface area contributed by atoms with E-state index in [9.17, 15) is 0 Å². The number of nitrogens with zero attached hydrogens (tertiary/aromatic N) is 6. The van der Waals surface area contributed by atoms with Crippen molar-refractivity contribution in [1.82, 2.24) is 15.0 Å². The van der Waals surface area contributed by atoms with E-state index in [1.54, 1.807) is 13.3 Å². The Morgan fingerprint density at radius 2 is 1.53 bits per heavy atom. The van der Waals surface area contributed by atoms with Gasteiger partial charge < -0.3 is 19.3 Å². The number of piperidine rings is 2. The van der Waals surface area contributed by atoms with E-state index in [0.717, 1.165) is 74.9 Å². The molecule has 2 saturated heterocycles. The Bertz CT molecular complexity index is 1210. The van der Waals surface area contributed by atoms with E-state index in [-0.39, 0.29) is 0 Å². The molecule has 2 fully saturated rings. The van der Waals surface area contributed by atoms with Crippen LogP contribution in [0.5, 0.6) is 11.5 Å². The second-order valence-electron chi connectivity index (χ2n) is 9.51. The van der Waals surface area contributed by atoms with Gasteiger partial charge in [-0.25, -0.2) is 5.43 Å². The van der Waals surface area contributed by atoms with Crippen molar-refractivity contribution in [2.24, 2.45) is 5.10 Å². The summed E-state index contributed by atoms with van der Waals surface area (Å²) in [6.07, 6.45) is 8.85. The molecule has 9 nitrogen and oxygen atoms in total. The molecular weight excluding hydrogens is 502 g/mol. The van der Waals surface area contributed by atoms with Crippen LogP contribution in [0.15, 0.2) is 47.6 Å². The number of hydrogen-bond donors (Lipinski definition) is 1. The fourth-order valence-corrected chi connectivity index (χ4v) is 4.89. The Morgan fingerprint density at radius 1 is 0.868 bits per heavy atom. The van der Waals surface area contributed by atoms with Gasteiger partial charge in [-0.3, -0.25) is 0 Å². The van der Waals surface area contributed by atoms with Crippen LogP contribution in [-0.2, 0) is 6.61 Å². The largest absolute Gasteiger partial charge is 0.493 e. The summed E-state index contributed by atoms with van der Waals surface area (Å²) in [4.78, 5) is 18.7. The van der Waals surface area contributed by atoms with Gasteiger partial charge >= 0.3 is 0 Å². The Balaban J connectivity index is 1.31. The minimum Gasteiger partial charge on any atom is -0.493 e. The normalized spacial score (nSPS) is 16.1. The van der Waals surface area contributed by atoms with Crippen molar-refractivity contribution in [2.45, 2.75) is 45.1 Å². The van der Waals surface area contributed by atoms with E-state index in [0.29, 0.717) is 29.1 Å². The molecule has 2 aliphatic rings. The Hall–Kier alpha value is -3.59. The van der Waals surface area contributed by atoms with Crippen LogP contribution in [0.2, 0.25) is 5.02 Å². The smallest absolute Gasteiger partial charge is 0.250 e. The average Bonchev–Trinajstić information content (AvgIpc) is 2.97. The lowest BCUT2D eigenvalue weighted by molar-refractivity contribution is 0.284. The van der Waals surface area contributed by atoms with E-state index in [4.69, 9.17) is 36.0 Å². The van der Waals surface area contributed by atoms with Crippen LogP contribution in [0.1, 0.15) is 49.7 Å². The van der Waals surface area contributed by atoms with Gasteiger partial charge in [0.1, 0.15) is 6.61 Å². The molecule has 2 aliphatic heterocycles. The SMILES string of the molecule is COc1ccc(C=NNc2nc(N3CCCCC3)nc(N3CCCCC3)n2)cc1OCc1ccccc1Cl. The lowest BCUT2D eigenvalue weighted by Gasteiger charge is -2.30. The molecule has 200 valence electrons. The first-order valence-corrected chi connectivity index (χ1v) is 13.7. The summed E-state index contributed by atoms with van der Waals surface area (Å²) >= 11 is 6.28. The number of hydrazone groups is 1. The summed E-state index contributed by atoms with van der Waals surface area (Å²) in [6.45, 7) is 4.20. The highest BCUT2D eigenvalue weighted by Gasteiger charge is 2.20. The molecule has 1 aromatic heterocycles. The van der Waals surface area contributed by atoms with Gasteiger partial charge in [0.25, 0.3) is 0 Å². The molecule has 0 unspecified atom stereocenters. The minimum atomic E-state index is 0.332. The third-order valence-corrected chi connectivity index (χ3v) is 7.17. The monoisotopic (exact) mass is 535 g/mol. The summed E-state index contributed by atoms with van der Waals surface area (Å²) < 4.78 is 11.5. The van der Waals surface area contributed by atoms with Crippen molar-refractivity contribution >= 4 is 35.7 Å². The highest BCUT2D eigenvalue weighted by atomic mass is 35.5. The molecule has 0 aliphatic carbocycles. The lowest BCUT2D eigenvalue weighted by atomic mass is 10.1. The predicted octanol–water partition coefficient (Wildman–Crippen LogP) is 5.54. The second-order valence-corrected chi connectivity index (χ2v) is 9.92. The highest BCUT2D eigenvalue weighted by molar-refractivity contribution is 6.31. The fourth-order valence-electron chi connectivity index (χ4n) is 4.70. The first kappa shape index (κ1) is 26.0. The Morgan fingerprint density at radius 3 is 2.16 bits per heavy atom. The summed E-state index contributed by atoms with van der Waals surface area (Å²) in [7, 11) is 1.62. The van der Waals surface area contributed by atoms with Gasteiger partial charge in [-0.1, -0.05) is 29.8 Å². The number of methoxy groups -OCH3 is 1. The van der Waals surface area contributed by atoms with Crippen LogP contribution in [0, 0.1) is 0 Å². The van der Waals surface area contributed by atoms with Gasteiger partial charge in [0.05, 0.1) is 13.3 Å². The molecular formula is C28H34ClN7O2. The van der Waals surface area contributed by atoms with Crippen molar-refractivity contribution in [3.8, 4) is 11.5 Å². The van der Waals surface area contributed by atoms with E-state index in [1.807, 2.05) is 42.5 Å². The zero-order valence-corrected chi connectivity index (χ0v) is 22.5. The maximum Gasteiger partial charge on any atom is 0.250 e. The van der Waals surface area contributed by atoms with Crippen LogP contribution in [0.3, 0.4) is 0 Å². The number of hydrogen-bond acceptors (Lipinski definition) is 9. The summed E-state index contributed by atoms with van der Waals surface area (Å²) in [5.41, 5.74) is 4.78. The molecule has 0 saturated carbocycles. The molecule has 0 bridgehead atoms. The third kappa shape index (κ3) is 6.64. The van der Waals surface area contributed by atoms with Crippen LogP contribution >= 0.6 is 11.6 Å². The molecule has 5 rings (SSSR count). The molecule has 0 atom stereocenters. The average molecular weight is 536 g/mol. The number of nitrogens with one attached hydrogen (secondary N) is 1. The predicted molar refractivity (Wildman–Crippen MR) is 152 cm³/mol. The summed E-state index contributed by atoms with van der Waals surface area (Å²) in [5.74, 6) is 3.13. The van der Waals surface area contributed by atoms with Crippen LogP contribution < -0.4 is 24.7 Å². The molecule has 2 aromatic carbocycles. The molecule has 0 amide bonds. The molecule has 10 heteroatoms. The number of rotatable bonds is 9. The van der Waals surface area contributed by atoms with Crippen molar-refractivity contribution < 1.29 is 9.47 Å². The second kappa shape index (κ2) is 12.8. The van der Waals surface area contributed by atoms with Gasteiger partial charge in [-0.15, -0.1) is 0 Å². The van der Waals surface area contributed by atoms with Crippen LogP contribution in [0.4, 0.5) is 17.8 Å². The van der Waals surface area contributed by atoms with Gasteiger partial charge in [-0.05, 0) is 68.4 Å². The maximum atomic E-state index is 6.28. The van der Waals surface area contributed by atoms with Crippen molar-refractivity contribution in [3.05, 3.63) is 58.6 Å². The van der Waals surface area contributed by atoms with Crippen molar-refractivity contribution in [3.63, 3.8) is 0 Å². The van der Waals surface area contributed by atoms with E-state index < -0.39 is 0 Å². The molecule has 3 aromatic rings. The lowest BCUT2D eigenvalue weighted by Crippen LogP contribution is -2.34. The topological polar surface area (TPSA) is 88.0 Å². The maximum absolute atomic E-state index is 6.28. The quantitative estimate of drug-likeness (QED) is 0.282. The van der Waals surface area contributed by atoms with Gasteiger partial charge in [0.2, 0.25) is 17.8 Å². The first-order valence-electron chi connectivity index (χ1n) is 13.3. The standard InChI is InChI=1S/C28H34ClN7O2/c1-37-24-13-12-21(18-25(24)38-20-22-10-4-5-11-23(22)29)19-30-34-26-31-27(35-14-6-2-7-15-35)33-28(32-26)36-16-8-3-9-17-36/h4-5,10-13,18-19H,2-3,6-9,14-17,20H2,1H3,(H,31,32,33,34). The number of halogens is 1. The van der Waals surface area contributed by atoms with E-state index >= 15 is 0 Å². The molecule has 38 heavy (non-hydrogen) atoms. The van der Waals surface area contributed by atoms with Crippen molar-refractivity contribution in [2.75, 3.05) is 48.5 Å².